The van der Waals surface area contributed by atoms with Crippen LogP contribution in [-0.2, 0) is 0 Å². The Morgan fingerprint density at radius 1 is 1.00 bits per heavy atom. The van der Waals surface area contributed by atoms with Gasteiger partial charge in [-0.25, -0.2) is 4.39 Å². The molecule has 0 saturated carbocycles. The Morgan fingerprint density at radius 2 is 1.67 bits per heavy atom. The molecule has 124 valence electrons. The Kier molecular flexibility index (Phi) is 4.81. The monoisotopic (exact) mass is 347 g/mol. The highest BCUT2D eigenvalue weighted by atomic mass is 35.5. The summed E-state index contributed by atoms with van der Waals surface area (Å²) >= 11 is 5.87. The number of nitrogens with zero attached hydrogens (tertiary/aromatic N) is 1. The molecule has 1 aliphatic heterocycles. The summed E-state index contributed by atoms with van der Waals surface area (Å²) in [7, 11) is 0. The number of rotatable bonds is 6. The van der Waals surface area contributed by atoms with Crippen LogP contribution >= 0.6 is 11.6 Å². The third kappa shape index (κ3) is 3.26. The molecule has 24 heavy (non-hydrogen) atoms. The van der Waals surface area contributed by atoms with Crippen molar-refractivity contribution in [3.8, 4) is 5.75 Å². The van der Waals surface area contributed by atoms with E-state index in [0.29, 0.717) is 42.9 Å². The van der Waals surface area contributed by atoms with Crippen molar-refractivity contribution in [2.24, 2.45) is 0 Å². The summed E-state index contributed by atoms with van der Waals surface area (Å²) in [5, 5.41) is 0.218. The van der Waals surface area contributed by atoms with E-state index in [0.717, 1.165) is 0 Å². The number of hydrogen-bond donors (Lipinski definition) is 0. The summed E-state index contributed by atoms with van der Waals surface area (Å²) in [4.78, 5) is 25.6. The molecule has 0 radical (unpaired) electrons. The molecule has 1 heterocycles. The third-order valence-electron chi connectivity index (χ3n) is 3.81. The predicted molar refractivity (Wildman–Crippen MR) is 87.9 cm³/mol. The third-order valence-corrected chi connectivity index (χ3v) is 4.10. The fraction of sp³-hybridized carbons (Fsp3) is 0.222. The van der Waals surface area contributed by atoms with Gasteiger partial charge >= 0.3 is 0 Å². The maximum absolute atomic E-state index is 12.9. The van der Waals surface area contributed by atoms with E-state index < -0.39 is 5.82 Å². The normalized spacial score (nSPS) is 13.3. The smallest absolute Gasteiger partial charge is 0.261 e. The van der Waals surface area contributed by atoms with Crippen molar-refractivity contribution in [3.63, 3.8) is 0 Å². The van der Waals surface area contributed by atoms with Gasteiger partial charge in [0, 0.05) is 6.54 Å². The lowest BCUT2D eigenvalue weighted by molar-refractivity contribution is 0.0649. The van der Waals surface area contributed by atoms with Crippen LogP contribution in [0.1, 0.15) is 33.6 Å². The van der Waals surface area contributed by atoms with Crippen molar-refractivity contribution >= 4 is 23.4 Å². The van der Waals surface area contributed by atoms with Gasteiger partial charge in [-0.3, -0.25) is 14.5 Å². The van der Waals surface area contributed by atoms with Crippen LogP contribution in [0.25, 0.3) is 0 Å². The number of amides is 2. The summed E-state index contributed by atoms with van der Waals surface area (Å²) in [5.41, 5.74) is 0.911. The molecule has 0 unspecified atom stereocenters. The number of halogens is 2. The van der Waals surface area contributed by atoms with Crippen molar-refractivity contribution in [2.75, 3.05) is 13.2 Å². The fourth-order valence-electron chi connectivity index (χ4n) is 2.59. The first kappa shape index (κ1) is 16.5. The topological polar surface area (TPSA) is 46.6 Å². The fourth-order valence-corrected chi connectivity index (χ4v) is 2.81. The van der Waals surface area contributed by atoms with Gasteiger partial charge in [0.15, 0.2) is 0 Å². The zero-order chi connectivity index (χ0) is 17.1. The van der Waals surface area contributed by atoms with Crippen LogP contribution in [-0.4, -0.2) is 29.9 Å². The Bertz CT molecular complexity index is 759. The number of imide groups is 1. The molecule has 0 aliphatic carbocycles. The molecule has 6 heteroatoms. The van der Waals surface area contributed by atoms with Crippen molar-refractivity contribution in [1.82, 2.24) is 4.90 Å². The average Bonchev–Trinajstić information content (AvgIpc) is 2.81. The maximum atomic E-state index is 12.9. The highest BCUT2D eigenvalue weighted by Gasteiger charge is 2.34. The van der Waals surface area contributed by atoms with Gasteiger partial charge in [0.2, 0.25) is 0 Å². The quantitative estimate of drug-likeness (QED) is 0.587. The number of fused-ring (bicyclic) bond motifs is 1. The number of ether oxygens (including phenoxy) is 1. The summed E-state index contributed by atoms with van der Waals surface area (Å²) < 4.78 is 18.4. The molecule has 0 spiro atoms. The number of unbranched alkanes of at least 4 members (excludes halogenated alkanes) is 1. The van der Waals surface area contributed by atoms with Gasteiger partial charge in [-0.15, -0.1) is 0 Å². The van der Waals surface area contributed by atoms with E-state index in [1.54, 1.807) is 24.3 Å². The van der Waals surface area contributed by atoms with Crippen LogP contribution in [0.2, 0.25) is 5.02 Å². The Morgan fingerprint density at radius 3 is 2.29 bits per heavy atom. The van der Waals surface area contributed by atoms with Crippen LogP contribution in [0.4, 0.5) is 4.39 Å². The van der Waals surface area contributed by atoms with Gasteiger partial charge in [-0.2, -0.15) is 0 Å². The minimum absolute atomic E-state index is 0.218. The number of benzene rings is 2. The van der Waals surface area contributed by atoms with Crippen molar-refractivity contribution in [2.45, 2.75) is 12.8 Å². The van der Waals surface area contributed by atoms with Crippen molar-refractivity contribution in [3.05, 3.63) is 64.4 Å². The second kappa shape index (κ2) is 7.01. The van der Waals surface area contributed by atoms with Gasteiger partial charge in [-0.1, -0.05) is 23.7 Å². The first-order chi connectivity index (χ1) is 11.6. The molecule has 3 rings (SSSR count). The molecule has 4 nitrogen and oxygen atoms in total. The highest BCUT2D eigenvalue weighted by Crippen LogP contribution is 2.25. The number of carbonyl (C=O) groups is 2. The molecule has 2 amide bonds. The van der Waals surface area contributed by atoms with Crippen LogP contribution < -0.4 is 4.74 Å². The first-order valence-corrected chi connectivity index (χ1v) is 7.99. The van der Waals surface area contributed by atoms with E-state index >= 15 is 0 Å². The lowest BCUT2D eigenvalue weighted by Gasteiger charge is -2.14. The van der Waals surface area contributed by atoms with E-state index in [2.05, 4.69) is 0 Å². The van der Waals surface area contributed by atoms with Crippen LogP contribution in [0, 0.1) is 5.82 Å². The zero-order valence-electron chi connectivity index (χ0n) is 12.8. The minimum Gasteiger partial charge on any atom is -0.492 e. The Labute approximate surface area is 143 Å². The number of hydrogen-bond acceptors (Lipinski definition) is 3. The minimum atomic E-state index is -0.419. The summed E-state index contributed by atoms with van der Waals surface area (Å²) in [5.74, 6) is -0.507. The molecule has 0 atom stereocenters. The molecule has 2 aromatic rings. The molecule has 0 N–H and O–H groups in total. The second-order valence-corrected chi connectivity index (χ2v) is 5.85. The molecular formula is C18H15ClFNO3. The van der Waals surface area contributed by atoms with E-state index in [-0.39, 0.29) is 16.8 Å². The molecule has 2 aromatic carbocycles. The van der Waals surface area contributed by atoms with Crippen molar-refractivity contribution in [1.29, 1.82) is 0 Å². The summed E-state index contributed by atoms with van der Waals surface area (Å²) in [6, 6.07) is 10.8. The standard InChI is InChI=1S/C18H15ClFNO3/c19-15-11-12(20)7-8-16(15)24-10-4-3-9-21-17(22)13-5-1-2-6-14(13)18(21)23/h1-2,5-8,11H,3-4,9-10H2. The molecular weight excluding hydrogens is 333 g/mol. The van der Waals surface area contributed by atoms with E-state index in [4.69, 9.17) is 16.3 Å². The van der Waals surface area contributed by atoms with Gasteiger partial charge in [0.1, 0.15) is 11.6 Å². The first-order valence-electron chi connectivity index (χ1n) is 7.61. The summed E-state index contributed by atoms with van der Waals surface area (Å²) in [6.07, 6.45) is 1.26. The zero-order valence-corrected chi connectivity index (χ0v) is 13.6. The average molecular weight is 348 g/mol. The van der Waals surface area contributed by atoms with Crippen LogP contribution in [0.5, 0.6) is 5.75 Å². The van der Waals surface area contributed by atoms with E-state index in [1.165, 1.54) is 23.1 Å². The van der Waals surface area contributed by atoms with E-state index in [9.17, 15) is 14.0 Å². The SMILES string of the molecule is O=C1c2ccccc2C(=O)N1CCCCOc1ccc(F)cc1Cl. The highest BCUT2D eigenvalue weighted by molar-refractivity contribution is 6.32. The van der Waals surface area contributed by atoms with Gasteiger partial charge < -0.3 is 4.74 Å². The van der Waals surface area contributed by atoms with Crippen LogP contribution in [0.3, 0.4) is 0 Å². The molecule has 1 aliphatic rings. The summed E-state index contributed by atoms with van der Waals surface area (Å²) in [6.45, 7) is 0.710. The largest absolute Gasteiger partial charge is 0.492 e. The lowest BCUT2D eigenvalue weighted by atomic mass is 10.1. The van der Waals surface area contributed by atoms with Gasteiger partial charge in [-0.05, 0) is 43.2 Å². The molecule has 0 fully saturated rings. The van der Waals surface area contributed by atoms with Gasteiger partial charge in [0.05, 0.1) is 22.8 Å². The Hall–Kier alpha value is -2.40. The van der Waals surface area contributed by atoms with Gasteiger partial charge in [0.25, 0.3) is 11.8 Å². The molecule has 0 aromatic heterocycles. The maximum Gasteiger partial charge on any atom is 0.261 e. The van der Waals surface area contributed by atoms with Crippen molar-refractivity contribution < 1.29 is 18.7 Å². The lowest BCUT2D eigenvalue weighted by Crippen LogP contribution is -2.30. The molecule has 0 bridgehead atoms. The number of carbonyl (C=O) groups excluding carboxylic acids is 2. The second-order valence-electron chi connectivity index (χ2n) is 5.44. The van der Waals surface area contributed by atoms with E-state index in [1.807, 2.05) is 0 Å². The Balaban J connectivity index is 1.48. The molecule has 0 saturated heterocycles. The predicted octanol–water partition coefficient (Wildman–Crippen LogP) is 3.93. The van der Waals surface area contributed by atoms with Crippen LogP contribution in [0.15, 0.2) is 42.5 Å².